The van der Waals surface area contributed by atoms with Crippen molar-refractivity contribution in [2.24, 2.45) is 0 Å². The Balaban J connectivity index is 1.74. The van der Waals surface area contributed by atoms with Gasteiger partial charge in [-0.25, -0.2) is 9.50 Å². The van der Waals surface area contributed by atoms with Crippen LogP contribution in [0.1, 0.15) is 31.7 Å². The van der Waals surface area contributed by atoms with Gasteiger partial charge in [-0.2, -0.15) is 5.10 Å². The van der Waals surface area contributed by atoms with Crippen LogP contribution in [-0.4, -0.2) is 20.6 Å². The Bertz CT molecular complexity index is 754. The Morgan fingerprint density at radius 1 is 1.22 bits per heavy atom. The molecule has 0 aliphatic carbocycles. The van der Waals surface area contributed by atoms with Crippen molar-refractivity contribution in [3.8, 4) is 0 Å². The molecule has 1 unspecified atom stereocenters. The zero-order valence-corrected chi connectivity index (χ0v) is 14.8. The summed E-state index contributed by atoms with van der Waals surface area (Å²) < 4.78 is 2.81. The molecular weight excluding hydrogens is 352 g/mol. The molecule has 1 N–H and O–H groups in total. The smallest absolute Gasteiger partial charge is 0.153 e. The fourth-order valence-electron chi connectivity index (χ4n) is 2.83. The molecule has 0 radical (unpaired) electrons. The van der Waals surface area contributed by atoms with E-state index in [-0.39, 0.29) is 0 Å². The monoisotopic (exact) mass is 372 g/mol. The third kappa shape index (κ3) is 3.91. The molecule has 0 aliphatic rings. The first-order valence-electron chi connectivity index (χ1n) is 8.06. The van der Waals surface area contributed by atoms with E-state index in [0.29, 0.717) is 6.04 Å². The summed E-state index contributed by atoms with van der Waals surface area (Å²) in [5, 5.41) is 7.93. The number of nitrogens with one attached hydrogen (secondary N) is 1. The van der Waals surface area contributed by atoms with E-state index < -0.39 is 0 Å². The van der Waals surface area contributed by atoms with Crippen molar-refractivity contribution >= 4 is 27.3 Å². The van der Waals surface area contributed by atoms with Crippen molar-refractivity contribution in [3.05, 3.63) is 59.0 Å². The van der Waals surface area contributed by atoms with Crippen molar-refractivity contribution in [2.75, 3.05) is 5.32 Å². The molecule has 0 saturated carbocycles. The van der Waals surface area contributed by atoms with Crippen LogP contribution in [0.2, 0.25) is 0 Å². The molecule has 1 aromatic carbocycles. The minimum atomic E-state index is 0.403. The van der Waals surface area contributed by atoms with Crippen LogP contribution in [0.15, 0.2) is 53.4 Å². The summed E-state index contributed by atoms with van der Waals surface area (Å²) in [6.07, 6.45) is 9.89. The topological polar surface area (TPSA) is 42.2 Å². The molecule has 0 spiro atoms. The third-order valence-corrected chi connectivity index (χ3v) is 4.57. The second kappa shape index (κ2) is 7.59. The highest BCUT2D eigenvalue weighted by Crippen LogP contribution is 2.25. The highest BCUT2D eigenvalue weighted by molar-refractivity contribution is 9.10. The van der Waals surface area contributed by atoms with Gasteiger partial charge in [0.05, 0.1) is 10.7 Å². The highest BCUT2D eigenvalue weighted by atomic mass is 79.9. The minimum Gasteiger partial charge on any atom is -0.366 e. The van der Waals surface area contributed by atoms with Gasteiger partial charge < -0.3 is 5.32 Å². The summed E-state index contributed by atoms with van der Waals surface area (Å²) in [5.41, 5.74) is 2.38. The molecule has 5 heteroatoms. The Hall–Kier alpha value is -1.88. The molecule has 0 aliphatic heterocycles. The molecule has 3 aromatic rings. The van der Waals surface area contributed by atoms with Crippen molar-refractivity contribution in [1.82, 2.24) is 14.6 Å². The molecule has 2 heterocycles. The lowest BCUT2D eigenvalue weighted by molar-refractivity contribution is 0.592. The number of rotatable bonds is 7. The van der Waals surface area contributed by atoms with Gasteiger partial charge in [-0.05, 0) is 40.8 Å². The molecule has 0 bridgehead atoms. The van der Waals surface area contributed by atoms with Crippen LogP contribution in [0.5, 0.6) is 0 Å². The fraction of sp³-hybridized carbons (Fsp3) is 0.333. The number of hydrogen-bond donors (Lipinski definition) is 1. The highest BCUT2D eigenvalue weighted by Gasteiger charge is 2.13. The van der Waals surface area contributed by atoms with E-state index >= 15 is 0 Å². The summed E-state index contributed by atoms with van der Waals surface area (Å²) in [4.78, 5) is 4.52. The first-order chi connectivity index (χ1) is 11.3. The lowest BCUT2D eigenvalue weighted by Gasteiger charge is -2.19. The van der Waals surface area contributed by atoms with E-state index in [0.717, 1.165) is 41.5 Å². The minimum absolute atomic E-state index is 0.403. The SMILES string of the molecule is CCCC(CCc1ccccc1)Nc1nccn2ncc(Br)c12. The van der Waals surface area contributed by atoms with Crippen LogP contribution in [-0.2, 0) is 6.42 Å². The summed E-state index contributed by atoms with van der Waals surface area (Å²) in [6, 6.07) is 11.0. The predicted molar refractivity (Wildman–Crippen MR) is 97.8 cm³/mol. The zero-order valence-electron chi connectivity index (χ0n) is 13.2. The molecule has 2 aromatic heterocycles. The Morgan fingerprint density at radius 2 is 2.04 bits per heavy atom. The second-order valence-electron chi connectivity index (χ2n) is 5.72. The van der Waals surface area contributed by atoms with Crippen LogP contribution in [0.4, 0.5) is 5.82 Å². The zero-order chi connectivity index (χ0) is 16.1. The van der Waals surface area contributed by atoms with Gasteiger partial charge in [0.1, 0.15) is 5.52 Å². The van der Waals surface area contributed by atoms with E-state index in [1.54, 1.807) is 12.4 Å². The molecule has 0 amide bonds. The van der Waals surface area contributed by atoms with Crippen molar-refractivity contribution in [3.63, 3.8) is 0 Å². The van der Waals surface area contributed by atoms with Crippen LogP contribution in [0.3, 0.4) is 0 Å². The summed E-state index contributed by atoms with van der Waals surface area (Å²) in [6.45, 7) is 2.22. The van der Waals surface area contributed by atoms with Gasteiger partial charge in [0.25, 0.3) is 0 Å². The average Bonchev–Trinajstić information content (AvgIpc) is 2.96. The van der Waals surface area contributed by atoms with Crippen LogP contribution in [0.25, 0.3) is 5.52 Å². The van der Waals surface area contributed by atoms with Gasteiger partial charge >= 0.3 is 0 Å². The maximum atomic E-state index is 4.52. The maximum absolute atomic E-state index is 4.52. The maximum Gasteiger partial charge on any atom is 0.153 e. The van der Waals surface area contributed by atoms with E-state index in [1.165, 1.54) is 5.56 Å². The number of anilines is 1. The van der Waals surface area contributed by atoms with E-state index in [1.807, 2.05) is 10.7 Å². The largest absolute Gasteiger partial charge is 0.366 e. The van der Waals surface area contributed by atoms with Crippen LogP contribution in [0, 0.1) is 0 Å². The number of nitrogens with zero attached hydrogens (tertiary/aromatic N) is 3. The van der Waals surface area contributed by atoms with Crippen LogP contribution < -0.4 is 5.32 Å². The number of fused-ring (bicyclic) bond motifs is 1. The third-order valence-electron chi connectivity index (χ3n) is 3.99. The number of aryl methyl sites for hydroxylation is 1. The van der Waals surface area contributed by atoms with Gasteiger partial charge in [-0.15, -0.1) is 0 Å². The van der Waals surface area contributed by atoms with E-state index in [2.05, 4.69) is 68.6 Å². The molecule has 0 saturated heterocycles. The molecule has 1 atom stereocenters. The number of aromatic nitrogens is 3. The predicted octanol–water partition coefficient (Wildman–Crippen LogP) is 4.71. The van der Waals surface area contributed by atoms with Crippen molar-refractivity contribution in [1.29, 1.82) is 0 Å². The summed E-state index contributed by atoms with van der Waals surface area (Å²) in [5.74, 6) is 0.892. The van der Waals surface area contributed by atoms with Gasteiger partial charge in [0, 0.05) is 18.4 Å². The molecule has 0 fully saturated rings. The van der Waals surface area contributed by atoms with Crippen molar-refractivity contribution < 1.29 is 0 Å². The molecule has 120 valence electrons. The van der Waals surface area contributed by atoms with E-state index in [4.69, 9.17) is 0 Å². The lowest BCUT2D eigenvalue weighted by atomic mass is 10.0. The molecule has 23 heavy (non-hydrogen) atoms. The summed E-state index contributed by atoms with van der Waals surface area (Å²) in [7, 11) is 0. The first kappa shape index (κ1) is 16.0. The molecule has 3 rings (SSSR count). The average molecular weight is 373 g/mol. The Morgan fingerprint density at radius 3 is 2.83 bits per heavy atom. The number of benzene rings is 1. The molecular formula is C18H21BrN4. The van der Waals surface area contributed by atoms with Crippen molar-refractivity contribution in [2.45, 2.75) is 38.6 Å². The fourth-order valence-corrected chi connectivity index (χ4v) is 3.29. The van der Waals surface area contributed by atoms with Crippen LogP contribution >= 0.6 is 15.9 Å². The Labute approximate surface area is 145 Å². The quantitative estimate of drug-likeness (QED) is 0.653. The Kier molecular flexibility index (Phi) is 5.28. The standard InChI is InChI=1S/C18H21BrN4/c1-2-6-15(10-9-14-7-4-3-5-8-14)22-18-17-16(19)13-21-23(17)12-11-20-18/h3-5,7-8,11-13,15H,2,6,9-10H2,1H3,(H,20,22). The van der Waals surface area contributed by atoms with Gasteiger partial charge in [-0.3, -0.25) is 0 Å². The normalized spacial score (nSPS) is 12.4. The molecule has 4 nitrogen and oxygen atoms in total. The summed E-state index contributed by atoms with van der Waals surface area (Å²) >= 11 is 3.56. The number of halogens is 1. The van der Waals surface area contributed by atoms with E-state index in [9.17, 15) is 0 Å². The van der Waals surface area contributed by atoms with Gasteiger partial charge in [-0.1, -0.05) is 43.7 Å². The second-order valence-corrected chi connectivity index (χ2v) is 6.57. The van der Waals surface area contributed by atoms with Gasteiger partial charge in [0.15, 0.2) is 5.82 Å². The first-order valence-corrected chi connectivity index (χ1v) is 8.85. The lowest BCUT2D eigenvalue weighted by Crippen LogP contribution is -2.21. The number of hydrogen-bond acceptors (Lipinski definition) is 3. The van der Waals surface area contributed by atoms with Gasteiger partial charge in [0.2, 0.25) is 0 Å².